The lowest BCUT2D eigenvalue weighted by atomic mass is 10.2. The molecule has 0 unspecified atom stereocenters. The normalized spacial score (nSPS) is 13.2. The molecule has 0 spiro atoms. The Bertz CT molecular complexity index is 771. The Morgan fingerprint density at radius 2 is 1.56 bits per heavy atom. The van der Waals surface area contributed by atoms with E-state index in [9.17, 15) is 4.79 Å². The van der Waals surface area contributed by atoms with Crippen molar-refractivity contribution in [1.29, 1.82) is 0 Å². The molecular formula is C18H30N4OS2. The molecule has 25 heavy (non-hydrogen) atoms. The number of aryl methyl sites for hydroxylation is 1. The number of tetrazole rings is 1. The summed E-state index contributed by atoms with van der Waals surface area (Å²) in [5.41, 5.74) is 1.68. The van der Waals surface area contributed by atoms with Crippen LogP contribution in [0.2, 0.25) is 0 Å². The zero-order chi connectivity index (χ0) is 18.9. The highest BCUT2D eigenvalue weighted by Crippen LogP contribution is 2.72. The summed E-state index contributed by atoms with van der Waals surface area (Å²) in [5, 5.41) is 9.67. The van der Waals surface area contributed by atoms with Gasteiger partial charge in [-0.25, -0.2) is 4.79 Å². The topological polar surface area (TPSA) is 52.7 Å². The molecular weight excluding hydrogens is 352 g/mol. The molecule has 0 atom stereocenters. The van der Waals surface area contributed by atoms with Crippen molar-refractivity contribution in [3.63, 3.8) is 0 Å². The Morgan fingerprint density at radius 3 is 2.00 bits per heavy atom. The van der Waals surface area contributed by atoms with Crippen molar-refractivity contribution >= 4 is 19.9 Å². The molecule has 0 aliphatic rings. The fourth-order valence-corrected chi connectivity index (χ4v) is 11.2. The van der Waals surface area contributed by atoms with Crippen LogP contribution in [0, 0.1) is 6.92 Å². The zero-order valence-corrected chi connectivity index (χ0v) is 18.1. The van der Waals surface area contributed by atoms with Crippen LogP contribution < -0.4 is 5.69 Å². The van der Waals surface area contributed by atoms with Crippen molar-refractivity contribution in [2.75, 3.05) is 0 Å². The number of aromatic nitrogens is 4. The molecule has 1 aromatic carbocycles. The van der Waals surface area contributed by atoms with E-state index in [1.165, 1.54) is 14.3 Å². The molecule has 1 aromatic heterocycles. The van der Waals surface area contributed by atoms with Gasteiger partial charge in [0.15, 0.2) is 0 Å². The van der Waals surface area contributed by atoms with E-state index in [2.05, 4.69) is 65.0 Å². The first-order valence-electron chi connectivity index (χ1n) is 8.71. The van der Waals surface area contributed by atoms with Crippen LogP contribution in [0.4, 0.5) is 0 Å². The number of hydrogen-bond acceptors (Lipinski definition) is 4. The summed E-state index contributed by atoms with van der Waals surface area (Å²) >= 11 is 0. The van der Waals surface area contributed by atoms with Crippen LogP contribution in [0.25, 0.3) is 5.69 Å². The molecule has 0 N–H and O–H groups in total. The van der Waals surface area contributed by atoms with Crippen LogP contribution in [-0.4, -0.2) is 35.5 Å². The van der Waals surface area contributed by atoms with Crippen LogP contribution in [0.3, 0.4) is 0 Å². The smallest absolute Gasteiger partial charge is 0.244 e. The lowest BCUT2D eigenvalue weighted by molar-refractivity contribution is 0.692. The zero-order valence-electron chi connectivity index (χ0n) is 16.5. The van der Waals surface area contributed by atoms with Gasteiger partial charge in [0.05, 0.1) is 5.69 Å². The second kappa shape index (κ2) is 7.58. The van der Waals surface area contributed by atoms with Crippen LogP contribution in [-0.2, 0) is 7.05 Å². The summed E-state index contributed by atoms with van der Waals surface area (Å²) in [6.45, 7) is 16.1. The minimum absolute atomic E-state index is 0.222. The summed E-state index contributed by atoms with van der Waals surface area (Å²) in [6.07, 6.45) is 0. The predicted molar refractivity (Wildman–Crippen MR) is 110 cm³/mol. The third-order valence-electron chi connectivity index (χ3n) is 4.65. The van der Waals surface area contributed by atoms with Gasteiger partial charge in [-0.05, 0) is 50.8 Å². The highest BCUT2D eigenvalue weighted by molar-refractivity contribution is 8.94. The molecule has 0 aliphatic carbocycles. The molecule has 0 fully saturated rings. The van der Waals surface area contributed by atoms with Crippen LogP contribution in [0.15, 0.2) is 27.9 Å². The molecule has 0 saturated heterocycles. The molecule has 2 rings (SSSR count). The van der Waals surface area contributed by atoms with Crippen molar-refractivity contribution in [1.82, 2.24) is 19.8 Å². The quantitative estimate of drug-likeness (QED) is 0.699. The monoisotopic (exact) mass is 382 g/mol. The molecule has 2 aromatic rings. The summed E-state index contributed by atoms with van der Waals surface area (Å²) in [6, 6.07) is 6.11. The first kappa shape index (κ1) is 20.1. The van der Waals surface area contributed by atoms with Crippen molar-refractivity contribution in [2.24, 2.45) is 7.05 Å². The maximum absolute atomic E-state index is 12.2. The SMILES string of the molecule is Cc1c(SS(C(C)C)(C(C)C)C(C)C)cccc1-n1nnn(C)c1=O. The van der Waals surface area contributed by atoms with E-state index >= 15 is 0 Å². The van der Waals surface area contributed by atoms with E-state index < -0.39 is 9.06 Å². The molecule has 0 radical (unpaired) electrons. The van der Waals surface area contributed by atoms with Crippen molar-refractivity contribution in [3.05, 3.63) is 34.2 Å². The fraction of sp³-hybridized carbons (Fsp3) is 0.611. The van der Waals surface area contributed by atoms with E-state index in [0.29, 0.717) is 15.7 Å². The van der Waals surface area contributed by atoms with Gasteiger partial charge in [0.2, 0.25) is 0 Å². The Morgan fingerprint density at radius 1 is 1.00 bits per heavy atom. The lowest BCUT2D eigenvalue weighted by Gasteiger charge is -2.50. The van der Waals surface area contributed by atoms with Gasteiger partial charge in [-0.3, -0.25) is 0 Å². The van der Waals surface area contributed by atoms with Gasteiger partial charge in [-0.15, -0.1) is 0 Å². The Kier molecular flexibility index (Phi) is 6.09. The van der Waals surface area contributed by atoms with Gasteiger partial charge in [0.1, 0.15) is 0 Å². The molecule has 5 nitrogen and oxygen atoms in total. The highest BCUT2D eigenvalue weighted by atomic mass is 33.2. The third kappa shape index (κ3) is 3.53. The summed E-state index contributed by atoms with van der Waals surface area (Å²) in [5.74, 6) is 0. The predicted octanol–water partition coefficient (Wildman–Crippen LogP) is 4.31. The largest absolute Gasteiger partial charge is 0.368 e. The maximum atomic E-state index is 12.2. The van der Waals surface area contributed by atoms with Crippen LogP contribution in [0.5, 0.6) is 0 Å². The van der Waals surface area contributed by atoms with Crippen LogP contribution in [0.1, 0.15) is 47.1 Å². The number of rotatable bonds is 6. The van der Waals surface area contributed by atoms with Gasteiger partial charge in [0, 0.05) is 11.9 Å². The molecule has 0 aliphatic heterocycles. The van der Waals surface area contributed by atoms with Crippen molar-refractivity contribution in [3.8, 4) is 5.69 Å². The number of nitrogens with zero attached hydrogens (tertiary/aromatic N) is 4. The molecule has 140 valence electrons. The number of hydrogen-bond donors (Lipinski definition) is 0. The van der Waals surface area contributed by atoms with Gasteiger partial charge >= 0.3 is 5.69 Å². The van der Waals surface area contributed by atoms with Crippen LogP contribution >= 0.6 is 19.9 Å². The minimum Gasteiger partial charge on any atom is -0.244 e. The molecule has 1 heterocycles. The fourth-order valence-electron chi connectivity index (χ4n) is 3.46. The molecule has 7 heteroatoms. The first-order chi connectivity index (χ1) is 11.6. The van der Waals surface area contributed by atoms with Gasteiger partial charge < -0.3 is 0 Å². The van der Waals surface area contributed by atoms with E-state index in [4.69, 9.17) is 0 Å². The Labute approximate surface area is 155 Å². The van der Waals surface area contributed by atoms with Gasteiger partial charge in [0.25, 0.3) is 0 Å². The van der Waals surface area contributed by atoms with E-state index in [1.807, 2.05) is 22.9 Å². The molecule has 0 bridgehead atoms. The van der Waals surface area contributed by atoms with Crippen molar-refractivity contribution in [2.45, 2.75) is 69.1 Å². The average Bonchev–Trinajstić information content (AvgIpc) is 2.85. The summed E-state index contributed by atoms with van der Waals surface area (Å²) in [7, 11) is 2.70. The molecule has 0 amide bonds. The second-order valence-electron chi connectivity index (χ2n) is 7.12. The number of benzene rings is 1. The highest BCUT2D eigenvalue weighted by Gasteiger charge is 2.36. The average molecular weight is 383 g/mol. The maximum Gasteiger partial charge on any atom is 0.368 e. The van der Waals surface area contributed by atoms with E-state index in [-0.39, 0.29) is 5.69 Å². The van der Waals surface area contributed by atoms with Gasteiger partial charge in [-0.2, -0.15) is 18.4 Å². The van der Waals surface area contributed by atoms with Gasteiger partial charge in [-0.1, -0.05) is 58.4 Å². The first-order valence-corrected chi connectivity index (χ1v) is 11.9. The van der Waals surface area contributed by atoms with Crippen molar-refractivity contribution < 1.29 is 0 Å². The minimum atomic E-state index is -0.938. The summed E-state index contributed by atoms with van der Waals surface area (Å²) in [4.78, 5) is 13.5. The van der Waals surface area contributed by atoms with E-state index in [0.717, 1.165) is 11.3 Å². The Hall–Kier alpha value is -1.21. The second-order valence-corrected chi connectivity index (χ2v) is 14.2. The Balaban J connectivity index is 2.56. The summed E-state index contributed by atoms with van der Waals surface area (Å²) < 4.78 is 2.64. The van der Waals surface area contributed by atoms with E-state index in [1.54, 1.807) is 7.05 Å². The third-order valence-corrected chi connectivity index (χ3v) is 14.8. The molecule has 0 saturated carbocycles. The lowest BCUT2D eigenvalue weighted by Crippen LogP contribution is -2.26. The standard InChI is InChI=1S/C18H30N4OS2/c1-12(2)25(13(3)4,14(5)6)24-17-11-9-10-16(15(17)7)22-18(23)21(8)19-20-22/h9-14H,1-8H3.